The van der Waals surface area contributed by atoms with Crippen molar-refractivity contribution >= 4 is 21.6 Å². The molecule has 1 atom stereocenters. The number of hydrogen-bond donors (Lipinski definition) is 0. The zero-order valence-electron chi connectivity index (χ0n) is 12.9. The molecule has 0 radical (unpaired) electrons. The Kier molecular flexibility index (Phi) is 5.40. The van der Waals surface area contributed by atoms with Crippen molar-refractivity contribution in [2.75, 3.05) is 23.9 Å². The number of ether oxygens (including phenoxy) is 1. The first-order valence-corrected chi connectivity index (χ1v) is 10.3. The lowest BCUT2D eigenvalue weighted by Crippen LogP contribution is -2.07. The van der Waals surface area contributed by atoms with Crippen molar-refractivity contribution in [1.29, 1.82) is 0 Å². The van der Waals surface area contributed by atoms with Crippen LogP contribution in [0.25, 0.3) is 0 Å². The van der Waals surface area contributed by atoms with Crippen LogP contribution in [0.3, 0.4) is 0 Å². The number of nitrogens with zero attached hydrogens (tertiary/aromatic N) is 2. The van der Waals surface area contributed by atoms with E-state index in [0.717, 1.165) is 0 Å². The molecule has 2 heterocycles. The predicted octanol–water partition coefficient (Wildman–Crippen LogP) is 2.36. The highest BCUT2D eigenvalue weighted by atomic mass is 32.2. The van der Waals surface area contributed by atoms with E-state index >= 15 is 0 Å². The maximum Gasteiger partial charge on any atom is 0.276 e. The molecular formula is C15H17FN2O4S2. The molecule has 2 aromatic rings. The molecule has 6 nitrogen and oxygen atoms in total. The molecule has 1 aliphatic rings. The SMILES string of the molecule is O=S1(=O)CCC(Cc2nnc(SCCOc3cccc(F)c3)o2)C1. The second-order valence-corrected chi connectivity index (χ2v) is 8.86. The van der Waals surface area contributed by atoms with E-state index in [1.807, 2.05) is 0 Å². The van der Waals surface area contributed by atoms with Crippen LogP contribution in [0.5, 0.6) is 5.75 Å². The molecule has 3 rings (SSSR count). The minimum absolute atomic E-state index is 0.0598. The van der Waals surface area contributed by atoms with Gasteiger partial charge in [0.1, 0.15) is 11.6 Å². The molecule has 0 amide bonds. The van der Waals surface area contributed by atoms with Gasteiger partial charge in [-0.15, -0.1) is 10.2 Å². The predicted molar refractivity (Wildman–Crippen MR) is 87.4 cm³/mol. The van der Waals surface area contributed by atoms with E-state index in [4.69, 9.17) is 9.15 Å². The van der Waals surface area contributed by atoms with E-state index in [-0.39, 0.29) is 23.2 Å². The van der Waals surface area contributed by atoms with Crippen LogP contribution in [0.2, 0.25) is 0 Å². The molecule has 1 fully saturated rings. The topological polar surface area (TPSA) is 82.3 Å². The number of sulfone groups is 1. The maximum atomic E-state index is 13.0. The van der Waals surface area contributed by atoms with Crippen molar-refractivity contribution < 1.29 is 22.0 Å². The molecule has 1 saturated heterocycles. The highest BCUT2D eigenvalue weighted by molar-refractivity contribution is 7.99. The van der Waals surface area contributed by atoms with Crippen LogP contribution in [0, 0.1) is 11.7 Å². The highest BCUT2D eigenvalue weighted by Gasteiger charge is 2.29. The van der Waals surface area contributed by atoms with Gasteiger partial charge >= 0.3 is 0 Å². The Morgan fingerprint density at radius 2 is 2.25 bits per heavy atom. The lowest BCUT2D eigenvalue weighted by Gasteiger charge is -2.04. The Balaban J connectivity index is 1.41. The van der Waals surface area contributed by atoms with Gasteiger partial charge in [-0.25, -0.2) is 12.8 Å². The van der Waals surface area contributed by atoms with Crippen LogP contribution >= 0.6 is 11.8 Å². The summed E-state index contributed by atoms with van der Waals surface area (Å²) in [6.45, 7) is 0.382. The highest BCUT2D eigenvalue weighted by Crippen LogP contribution is 2.24. The van der Waals surface area contributed by atoms with Gasteiger partial charge in [-0.2, -0.15) is 0 Å². The van der Waals surface area contributed by atoms with Gasteiger partial charge in [0, 0.05) is 18.2 Å². The third-order valence-corrected chi connectivity index (χ3v) is 6.23. The first-order valence-electron chi connectivity index (χ1n) is 7.54. The van der Waals surface area contributed by atoms with Gasteiger partial charge in [0.25, 0.3) is 5.22 Å². The van der Waals surface area contributed by atoms with Gasteiger partial charge in [0.15, 0.2) is 9.84 Å². The number of halogens is 1. The van der Waals surface area contributed by atoms with Crippen LogP contribution in [0.4, 0.5) is 4.39 Å². The van der Waals surface area contributed by atoms with E-state index in [1.165, 1.54) is 23.9 Å². The van der Waals surface area contributed by atoms with Gasteiger partial charge < -0.3 is 9.15 Å². The summed E-state index contributed by atoms with van der Waals surface area (Å²) in [5, 5.41) is 8.31. The molecule has 1 aliphatic heterocycles. The van der Waals surface area contributed by atoms with Crippen LogP contribution in [-0.2, 0) is 16.3 Å². The van der Waals surface area contributed by atoms with Gasteiger partial charge in [0.05, 0.1) is 18.1 Å². The van der Waals surface area contributed by atoms with Crippen molar-refractivity contribution in [3.63, 3.8) is 0 Å². The molecule has 0 spiro atoms. The number of rotatable bonds is 7. The summed E-state index contributed by atoms with van der Waals surface area (Å²) in [7, 11) is -2.89. The van der Waals surface area contributed by atoms with Crippen LogP contribution in [0.1, 0.15) is 12.3 Å². The summed E-state index contributed by atoms with van der Waals surface area (Å²) in [6.07, 6.45) is 1.14. The van der Waals surface area contributed by atoms with Crippen LogP contribution < -0.4 is 4.74 Å². The van der Waals surface area contributed by atoms with Gasteiger partial charge in [-0.1, -0.05) is 17.8 Å². The molecule has 9 heteroatoms. The molecular weight excluding hydrogens is 355 g/mol. The summed E-state index contributed by atoms with van der Waals surface area (Å²) in [4.78, 5) is 0. The minimum atomic E-state index is -2.89. The van der Waals surface area contributed by atoms with Crippen molar-refractivity contribution in [1.82, 2.24) is 10.2 Å². The van der Waals surface area contributed by atoms with E-state index in [2.05, 4.69) is 10.2 Å². The fourth-order valence-electron chi connectivity index (χ4n) is 2.50. The molecule has 0 aliphatic carbocycles. The second kappa shape index (κ2) is 7.52. The Labute approximate surface area is 143 Å². The lowest BCUT2D eigenvalue weighted by molar-refractivity contribution is 0.340. The molecule has 130 valence electrons. The average molecular weight is 372 g/mol. The number of benzene rings is 1. The first-order chi connectivity index (χ1) is 11.5. The van der Waals surface area contributed by atoms with Gasteiger partial charge in [0.2, 0.25) is 5.89 Å². The van der Waals surface area contributed by atoms with Crippen molar-refractivity contribution in [2.24, 2.45) is 5.92 Å². The lowest BCUT2D eigenvalue weighted by atomic mass is 10.1. The van der Waals surface area contributed by atoms with Crippen LogP contribution in [-0.4, -0.2) is 42.5 Å². The number of thioether (sulfide) groups is 1. The molecule has 0 N–H and O–H groups in total. The fourth-order valence-corrected chi connectivity index (χ4v) is 4.96. The quantitative estimate of drug-likeness (QED) is 0.545. The first kappa shape index (κ1) is 17.2. The molecule has 1 unspecified atom stereocenters. The monoisotopic (exact) mass is 372 g/mol. The Hall–Kier alpha value is -1.61. The van der Waals surface area contributed by atoms with Gasteiger partial charge in [-0.05, 0) is 24.5 Å². The molecule has 1 aromatic carbocycles. The van der Waals surface area contributed by atoms with E-state index in [1.54, 1.807) is 12.1 Å². The summed E-state index contributed by atoms with van der Waals surface area (Å²) < 4.78 is 46.8. The van der Waals surface area contributed by atoms with Crippen molar-refractivity contribution in [2.45, 2.75) is 18.1 Å². The summed E-state index contributed by atoms with van der Waals surface area (Å²) >= 11 is 1.35. The Bertz CT molecular complexity index is 794. The summed E-state index contributed by atoms with van der Waals surface area (Å²) in [6, 6.07) is 5.96. The largest absolute Gasteiger partial charge is 0.493 e. The van der Waals surface area contributed by atoms with Crippen molar-refractivity contribution in [3.8, 4) is 5.75 Å². The zero-order valence-corrected chi connectivity index (χ0v) is 14.5. The fraction of sp³-hybridized carbons (Fsp3) is 0.467. The van der Waals surface area contributed by atoms with Crippen molar-refractivity contribution in [3.05, 3.63) is 36.0 Å². The summed E-state index contributed by atoms with van der Waals surface area (Å²) in [5.41, 5.74) is 0. The van der Waals surface area contributed by atoms with E-state index < -0.39 is 9.84 Å². The van der Waals surface area contributed by atoms with E-state index in [9.17, 15) is 12.8 Å². The third-order valence-electron chi connectivity index (χ3n) is 3.61. The third kappa shape index (κ3) is 4.94. The smallest absolute Gasteiger partial charge is 0.276 e. The standard InChI is InChI=1S/C15H17FN2O4S2/c16-12-2-1-3-13(9-12)21-5-6-23-15-18-17-14(22-15)8-11-4-7-24(19,20)10-11/h1-3,9,11H,4-8,10H2. The Morgan fingerprint density at radius 1 is 1.38 bits per heavy atom. The molecule has 1 aromatic heterocycles. The number of hydrogen-bond acceptors (Lipinski definition) is 7. The average Bonchev–Trinajstić information content (AvgIpc) is 3.10. The summed E-state index contributed by atoms with van der Waals surface area (Å²) in [5.74, 6) is 1.68. The Morgan fingerprint density at radius 3 is 3.00 bits per heavy atom. The second-order valence-electron chi connectivity index (χ2n) is 5.59. The van der Waals surface area contributed by atoms with Crippen LogP contribution in [0.15, 0.2) is 33.9 Å². The van der Waals surface area contributed by atoms with Gasteiger partial charge in [-0.3, -0.25) is 0 Å². The zero-order chi connectivity index (χ0) is 17.0. The van der Waals surface area contributed by atoms with E-state index in [0.29, 0.717) is 42.1 Å². The number of aromatic nitrogens is 2. The molecule has 0 saturated carbocycles. The maximum absolute atomic E-state index is 13.0. The molecule has 0 bridgehead atoms. The molecule has 24 heavy (non-hydrogen) atoms. The normalized spacial score (nSPS) is 19.5. The minimum Gasteiger partial charge on any atom is -0.493 e.